The second-order valence-electron chi connectivity index (χ2n) is 10.5. The molecule has 3 amide bonds. The van der Waals surface area contributed by atoms with E-state index in [-0.39, 0.29) is 47.9 Å². The summed E-state index contributed by atoms with van der Waals surface area (Å²) < 4.78 is 0. The normalized spacial score (nSPS) is 22.6. The van der Waals surface area contributed by atoms with Crippen LogP contribution in [0.2, 0.25) is 0 Å². The molecule has 2 aliphatic heterocycles. The van der Waals surface area contributed by atoms with Gasteiger partial charge in [-0.2, -0.15) is 0 Å². The first-order valence-electron chi connectivity index (χ1n) is 12.5. The number of nitrogens with zero attached hydrogens (tertiary/aromatic N) is 3. The summed E-state index contributed by atoms with van der Waals surface area (Å²) in [6.45, 7) is 4.48. The highest BCUT2D eigenvalue weighted by atomic mass is 16.2. The van der Waals surface area contributed by atoms with E-state index in [1.165, 1.54) is 0 Å². The van der Waals surface area contributed by atoms with E-state index in [1.54, 1.807) is 21.9 Å². The van der Waals surface area contributed by atoms with Crippen molar-refractivity contribution < 1.29 is 19.2 Å². The van der Waals surface area contributed by atoms with Crippen LogP contribution in [-0.4, -0.2) is 78.6 Å². The fourth-order valence-electron chi connectivity index (χ4n) is 5.46. The van der Waals surface area contributed by atoms with Crippen LogP contribution >= 0.6 is 0 Å². The largest absolute Gasteiger partial charge is 0.378 e. The van der Waals surface area contributed by atoms with Gasteiger partial charge in [-0.3, -0.25) is 19.2 Å². The lowest BCUT2D eigenvalue weighted by atomic mass is 10.0. The predicted molar refractivity (Wildman–Crippen MR) is 134 cm³/mol. The molecule has 2 unspecified atom stereocenters. The van der Waals surface area contributed by atoms with Crippen molar-refractivity contribution in [3.05, 3.63) is 42.0 Å². The summed E-state index contributed by atoms with van der Waals surface area (Å²) in [5, 5.41) is 2.92. The monoisotopic (exact) mass is 480 g/mol. The lowest BCUT2D eigenvalue weighted by Gasteiger charge is -2.29. The Kier molecular flexibility index (Phi) is 7.28. The third-order valence-corrected chi connectivity index (χ3v) is 7.30. The average molecular weight is 481 g/mol. The molecule has 0 spiro atoms. The minimum Gasteiger partial charge on any atom is -0.378 e. The van der Waals surface area contributed by atoms with Gasteiger partial charge >= 0.3 is 0 Å². The van der Waals surface area contributed by atoms with Crippen molar-refractivity contribution in [3.63, 3.8) is 0 Å². The van der Waals surface area contributed by atoms with Crippen molar-refractivity contribution in [1.82, 2.24) is 15.1 Å². The van der Waals surface area contributed by atoms with E-state index in [1.807, 2.05) is 57.1 Å². The summed E-state index contributed by atoms with van der Waals surface area (Å²) in [5.74, 6) is -0.556. The van der Waals surface area contributed by atoms with Gasteiger partial charge in [-0.1, -0.05) is 26.0 Å². The Morgan fingerprint density at radius 3 is 2.31 bits per heavy atom. The van der Waals surface area contributed by atoms with Gasteiger partial charge in [0.1, 0.15) is 12.1 Å². The molecule has 2 saturated heterocycles. The number of carbonyl (C=O) groups is 4. The maximum absolute atomic E-state index is 13.7. The van der Waals surface area contributed by atoms with E-state index in [9.17, 15) is 19.2 Å². The van der Waals surface area contributed by atoms with Crippen LogP contribution in [0.3, 0.4) is 0 Å². The molecule has 0 saturated carbocycles. The Morgan fingerprint density at radius 1 is 1.06 bits per heavy atom. The Bertz CT molecular complexity index is 1010. The Labute approximate surface area is 207 Å². The zero-order valence-corrected chi connectivity index (χ0v) is 21.1. The highest BCUT2D eigenvalue weighted by Gasteiger charge is 2.52. The molecular formula is C27H36N4O4. The lowest BCUT2D eigenvalue weighted by molar-refractivity contribution is -0.138. The van der Waals surface area contributed by atoms with Crippen molar-refractivity contribution in [2.45, 2.75) is 57.7 Å². The number of allylic oxidation sites excluding steroid dienone is 2. The van der Waals surface area contributed by atoms with E-state index in [4.69, 9.17) is 0 Å². The van der Waals surface area contributed by atoms with Crippen LogP contribution in [0.4, 0.5) is 5.69 Å². The van der Waals surface area contributed by atoms with Gasteiger partial charge in [0.15, 0.2) is 5.78 Å². The van der Waals surface area contributed by atoms with Crippen molar-refractivity contribution in [2.24, 2.45) is 11.8 Å². The van der Waals surface area contributed by atoms with Gasteiger partial charge in [-0.05, 0) is 55.9 Å². The molecule has 1 aromatic rings. The maximum Gasteiger partial charge on any atom is 0.251 e. The quantitative estimate of drug-likeness (QED) is 0.605. The molecule has 2 fully saturated rings. The molecule has 3 atom stereocenters. The van der Waals surface area contributed by atoms with Crippen molar-refractivity contribution >= 4 is 29.2 Å². The topological polar surface area (TPSA) is 90.0 Å². The van der Waals surface area contributed by atoms with Crippen molar-refractivity contribution in [2.75, 3.05) is 32.1 Å². The summed E-state index contributed by atoms with van der Waals surface area (Å²) in [7, 11) is 3.86. The number of nitrogens with one attached hydrogen (secondary N) is 1. The molecule has 0 aromatic heterocycles. The molecule has 188 valence electrons. The van der Waals surface area contributed by atoms with Crippen LogP contribution in [0.25, 0.3) is 0 Å². The molecular weight excluding hydrogens is 444 g/mol. The summed E-state index contributed by atoms with van der Waals surface area (Å²) in [6.07, 6.45) is 6.50. The number of amides is 3. The third-order valence-electron chi connectivity index (χ3n) is 7.30. The number of carbonyl (C=O) groups excluding carboxylic acids is 4. The van der Waals surface area contributed by atoms with Gasteiger partial charge in [-0.15, -0.1) is 0 Å². The number of anilines is 1. The van der Waals surface area contributed by atoms with E-state index in [0.717, 1.165) is 5.69 Å². The van der Waals surface area contributed by atoms with Crippen LogP contribution in [0.5, 0.6) is 0 Å². The number of hydrogen-bond donors (Lipinski definition) is 1. The number of Topliss-reactive ketones (excluding diaryl/α,β-unsaturated/α-hetero) is 1. The molecule has 35 heavy (non-hydrogen) atoms. The molecule has 4 rings (SSSR count). The van der Waals surface area contributed by atoms with Crippen LogP contribution in [0.15, 0.2) is 36.4 Å². The molecule has 2 heterocycles. The minimum absolute atomic E-state index is 0.0124. The molecule has 8 nitrogen and oxygen atoms in total. The van der Waals surface area contributed by atoms with Crippen molar-refractivity contribution in [3.8, 4) is 0 Å². The van der Waals surface area contributed by atoms with Crippen LogP contribution in [0.1, 0.15) is 49.9 Å². The molecule has 3 aliphatic rings. The van der Waals surface area contributed by atoms with Gasteiger partial charge in [-0.25, -0.2) is 0 Å². The Morgan fingerprint density at radius 2 is 1.71 bits per heavy atom. The van der Waals surface area contributed by atoms with Crippen molar-refractivity contribution in [1.29, 1.82) is 0 Å². The number of hydrogen-bond acceptors (Lipinski definition) is 5. The minimum atomic E-state index is -0.730. The molecule has 1 aromatic carbocycles. The van der Waals surface area contributed by atoms with Gasteiger partial charge in [0, 0.05) is 37.8 Å². The zero-order valence-electron chi connectivity index (χ0n) is 21.1. The van der Waals surface area contributed by atoms with Gasteiger partial charge in [0.05, 0.1) is 12.6 Å². The second-order valence-corrected chi connectivity index (χ2v) is 10.5. The number of ketones is 1. The SMILES string of the molecule is CC(C)C[C@H](NC(=O)c1ccc(N(C)C)cc1)C(=O)N1CCC2C1C(=O)CN2C(=O)C1CC=CC1. The second kappa shape index (κ2) is 10.2. The fourth-order valence-corrected chi connectivity index (χ4v) is 5.46. The van der Waals surface area contributed by atoms with E-state index in [0.29, 0.717) is 37.8 Å². The third kappa shape index (κ3) is 5.11. The first kappa shape index (κ1) is 24.9. The number of likely N-dealkylation sites (tertiary alicyclic amines) is 2. The standard InChI is InChI=1S/C27H36N4O4/c1-17(2)15-21(28-25(33)18-9-11-20(12-10-18)29(3)4)27(35)30-14-13-22-24(30)23(32)16-31(22)26(34)19-7-5-6-8-19/h5-6,9-12,17,19,21-22,24H,7-8,13-16H2,1-4H3,(H,28,33)/t21-,22?,24?/m0/s1. The van der Waals surface area contributed by atoms with Crippen LogP contribution in [-0.2, 0) is 14.4 Å². The van der Waals surface area contributed by atoms with E-state index < -0.39 is 12.1 Å². The highest BCUT2D eigenvalue weighted by molar-refractivity contribution is 6.01. The first-order chi connectivity index (χ1) is 16.7. The summed E-state index contributed by atoms with van der Waals surface area (Å²) >= 11 is 0. The van der Waals surface area contributed by atoms with Gasteiger partial charge < -0.3 is 20.0 Å². The van der Waals surface area contributed by atoms with E-state index >= 15 is 0 Å². The van der Waals surface area contributed by atoms with E-state index in [2.05, 4.69) is 5.32 Å². The smallest absolute Gasteiger partial charge is 0.251 e. The molecule has 1 aliphatic carbocycles. The van der Waals surface area contributed by atoms with Gasteiger partial charge in [0.25, 0.3) is 5.91 Å². The van der Waals surface area contributed by atoms with Crippen LogP contribution < -0.4 is 10.2 Å². The first-order valence-corrected chi connectivity index (χ1v) is 12.5. The predicted octanol–water partition coefficient (Wildman–Crippen LogP) is 2.24. The summed E-state index contributed by atoms with van der Waals surface area (Å²) in [4.78, 5) is 57.9. The highest BCUT2D eigenvalue weighted by Crippen LogP contribution is 2.33. The number of fused-ring (bicyclic) bond motifs is 1. The molecule has 1 N–H and O–H groups in total. The van der Waals surface area contributed by atoms with Crippen LogP contribution in [0, 0.1) is 11.8 Å². The Balaban J connectivity index is 1.47. The van der Waals surface area contributed by atoms with Gasteiger partial charge in [0.2, 0.25) is 11.8 Å². The zero-order chi connectivity index (χ0) is 25.3. The Hall–Kier alpha value is -3.16. The molecule has 0 bridgehead atoms. The summed E-state index contributed by atoms with van der Waals surface area (Å²) in [6, 6.07) is 5.60. The molecule has 8 heteroatoms. The maximum atomic E-state index is 13.7. The number of rotatable bonds is 7. The lowest BCUT2D eigenvalue weighted by Crippen LogP contribution is -2.53. The number of benzene rings is 1. The fraction of sp³-hybridized carbons (Fsp3) is 0.556. The average Bonchev–Trinajstić information content (AvgIpc) is 3.56. The summed E-state index contributed by atoms with van der Waals surface area (Å²) in [5.41, 5.74) is 1.46. The molecule has 0 radical (unpaired) electrons.